The van der Waals surface area contributed by atoms with Crippen molar-refractivity contribution in [2.24, 2.45) is 0 Å². The highest BCUT2D eigenvalue weighted by Gasteiger charge is 2.21. The number of rotatable bonds is 4. The van der Waals surface area contributed by atoms with Crippen molar-refractivity contribution in [3.63, 3.8) is 0 Å². The van der Waals surface area contributed by atoms with Gasteiger partial charge < -0.3 is 8.98 Å². The van der Waals surface area contributed by atoms with Crippen LogP contribution in [0.1, 0.15) is 0 Å². The molecule has 206 valence electrons. The number of benzene rings is 6. The zero-order valence-electron chi connectivity index (χ0n) is 23.6. The molecule has 0 fully saturated rings. The molecule has 5 nitrogen and oxygen atoms in total. The van der Waals surface area contributed by atoms with E-state index < -0.39 is 0 Å². The molecule has 0 saturated heterocycles. The molecule has 9 rings (SSSR count). The Bertz CT molecular complexity index is 2490. The summed E-state index contributed by atoms with van der Waals surface area (Å²) in [5, 5.41) is 4.43. The normalized spacial score (nSPS) is 11.6. The molecule has 0 radical (unpaired) electrons. The second kappa shape index (κ2) is 9.75. The van der Waals surface area contributed by atoms with Gasteiger partial charge in [0.2, 0.25) is 0 Å². The van der Waals surface area contributed by atoms with E-state index in [-0.39, 0.29) is 0 Å². The van der Waals surface area contributed by atoms with Gasteiger partial charge in [0.25, 0.3) is 0 Å². The van der Waals surface area contributed by atoms with Crippen molar-refractivity contribution in [3.8, 4) is 39.9 Å². The van der Waals surface area contributed by atoms with Crippen molar-refractivity contribution in [1.29, 1.82) is 0 Å². The molecule has 0 aliphatic rings. The topological polar surface area (TPSA) is 56.7 Å². The Balaban J connectivity index is 1.37. The summed E-state index contributed by atoms with van der Waals surface area (Å²) in [6.45, 7) is 0. The number of para-hydroxylation sites is 5. The quantitative estimate of drug-likeness (QED) is 0.213. The maximum Gasteiger partial charge on any atom is 0.167 e. The first kappa shape index (κ1) is 24.5. The largest absolute Gasteiger partial charge is 0.455 e. The molecule has 0 amide bonds. The van der Waals surface area contributed by atoms with Gasteiger partial charge in [-0.05, 0) is 36.4 Å². The van der Waals surface area contributed by atoms with Gasteiger partial charge in [-0.25, -0.2) is 15.0 Å². The molecule has 5 heteroatoms. The molecule has 0 bridgehead atoms. The first-order chi connectivity index (χ1) is 21.8. The minimum absolute atomic E-state index is 0.567. The van der Waals surface area contributed by atoms with Crippen molar-refractivity contribution < 1.29 is 4.42 Å². The van der Waals surface area contributed by atoms with Crippen LogP contribution in [0.15, 0.2) is 150 Å². The molecule has 9 aromatic rings. The van der Waals surface area contributed by atoms with E-state index in [0.717, 1.165) is 60.7 Å². The van der Waals surface area contributed by atoms with Gasteiger partial charge in [-0.2, -0.15) is 0 Å². The summed E-state index contributed by atoms with van der Waals surface area (Å²) in [7, 11) is 0. The van der Waals surface area contributed by atoms with Gasteiger partial charge >= 0.3 is 0 Å². The van der Waals surface area contributed by atoms with Crippen LogP contribution in [0, 0.1) is 0 Å². The average Bonchev–Trinajstić information content (AvgIpc) is 3.65. The molecule has 0 unspecified atom stereocenters. The van der Waals surface area contributed by atoms with Crippen LogP contribution in [-0.4, -0.2) is 19.5 Å². The molecule has 0 spiro atoms. The van der Waals surface area contributed by atoms with Gasteiger partial charge in [0.05, 0.1) is 16.6 Å². The van der Waals surface area contributed by atoms with Crippen LogP contribution in [-0.2, 0) is 0 Å². The third-order valence-electron chi connectivity index (χ3n) is 8.26. The summed E-state index contributed by atoms with van der Waals surface area (Å²) in [5.41, 5.74) is 7.55. The van der Waals surface area contributed by atoms with Gasteiger partial charge in [-0.1, -0.05) is 109 Å². The number of hydrogen-bond donors (Lipinski definition) is 0. The molecule has 0 aliphatic heterocycles. The lowest BCUT2D eigenvalue weighted by Gasteiger charge is -2.12. The summed E-state index contributed by atoms with van der Waals surface area (Å²) >= 11 is 0. The summed E-state index contributed by atoms with van der Waals surface area (Å²) in [6.07, 6.45) is 0. The highest BCUT2D eigenvalue weighted by Crippen LogP contribution is 2.39. The Hall–Kier alpha value is -6.07. The van der Waals surface area contributed by atoms with E-state index >= 15 is 0 Å². The monoisotopic (exact) mass is 564 g/mol. The molecule has 3 heterocycles. The summed E-state index contributed by atoms with van der Waals surface area (Å²) in [5.74, 6) is 1.78. The second-order valence-electron chi connectivity index (χ2n) is 10.8. The van der Waals surface area contributed by atoms with E-state index in [2.05, 4.69) is 83.4 Å². The Morgan fingerprint density at radius 3 is 1.84 bits per heavy atom. The Labute approximate surface area is 252 Å². The molecular weight excluding hydrogens is 540 g/mol. The Morgan fingerprint density at radius 2 is 1.02 bits per heavy atom. The van der Waals surface area contributed by atoms with Gasteiger partial charge in [0.15, 0.2) is 17.5 Å². The highest BCUT2D eigenvalue weighted by molar-refractivity contribution is 6.13. The van der Waals surface area contributed by atoms with Gasteiger partial charge in [-0.15, -0.1) is 0 Å². The third kappa shape index (κ3) is 3.76. The lowest BCUT2D eigenvalue weighted by Crippen LogP contribution is -2.02. The fourth-order valence-electron chi connectivity index (χ4n) is 6.30. The second-order valence-corrected chi connectivity index (χ2v) is 10.8. The predicted molar refractivity (Wildman–Crippen MR) is 178 cm³/mol. The maximum atomic E-state index is 6.41. The van der Waals surface area contributed by atoms with Gasteiger partial charge in [0, 0.05) is 38.4 Å². The van der Waals surface area contributed by atoms with Gasteiger partial charge in [0.1, 0.15) is 11.2 Å². The zero-order chi connectivity index (χ0) is 29.0. The zero-order valence-corrected chi connectivity index (χ0v) is 23.6. The number of nitrogens with zero attached hydrogens (tertiary/aromatic N) is 4. The van der Waals surface area contributed by atoms with Crippen molar-refractivity contribution in [2.75, 3.05) is 0 Å². The van der Waals surface area contributed by atoms with E-state index in [1.54, 1.807) is 0 Å². The Morgan fingerprint density at radius 1 is 0.432 bits per heavy atom. The van der Waals surface area contributed by atoms with Gasteiger partial charge in [-0.3, -0.25) is 0 Å². The molecule has 6 aromatic carbocycles. The molecule has 44 heavy (non-hydrogen) atoms. The van der Waals surface area contributed by atoms with Crippen LogP contribution in [0.25, 0.3) is 83.6 Å². The molecule has 0 N–H and O–H groups in total. The Kier molecular flexibility index (Phi) is 5.43. The van der Waals surface area contributed by atoms with Crippen LogP contribution in [0.4, 0.5) is 0 Å². The van der Waals surface area contributed by atoms with Crippen molar-refractivity contribution >= 4 is 43.7 Å². The standard InChI is InChI=1S/C39H24N4O/c1-3-13-25(14-4-1)37-40-38(42-39(41-37)32-22-12-20-30-28-18-8-10-24-34(28)44-36(30)32)31-21-11-19-29-27-17-7-9-23-33(27)43(35(29)31)26-15-5-2-6-16-26/h1-24H. The number of fused-ring (bicyclic) bond motifs is 6. The van der Waals surface area contributed by atoms with E-state index in [4.69, 9.17) is 19.4 Å². The van der Waals surface area contributed by atoms with E-state index in [1.807, 2.05) is 66.7 Å². The number of hydrogen-bond acceptors (Lipinski definition) is 4. The predicted octanol–water partition coefficient (Wildman–Crippen LogP) is 9.87. The molecular formula is C39H24N4O. The van der Waals surface area contributed by atoms with Crippen LogP contribution in [0.2, 0.25) is 0 Å². The summed E-state index contributed by atoms with van der Waals surface area (Å²) < 4.78 is 8.72. The first-order valence-corrected chi connectivity index (χ1v) is 14.6. The average molecular weight is 565 g/mol. The lowest BCUT2D eigenvalue weighted by molar-refractivity contribution is 0.669. The van der Waals surface area contributed by atoms with Crippen LogP contribution >= 0.6 is 0 Å². The highest BCUT2D eigenvalue weighted by atomic mass is 16.3. The molecule has 0 saturated carbocycles. The van der Waals surface area contributed by atoms with Crippen molar-refractivity contribution in [2.45, 2.75) is 0 Å². The van der Waals surface area contributed by atoms with E-state index in [9.17, 15) is 0 Å². The minimum Gasteiger partial charge on any atom is -0.455 e. The number of furan rings is 1. The first-order valence-electron chi connectivity index (χ1n) is 14.6. The van der Waals surface area contributed by atoms with E-state index in [0.29, 0.717) is 17.5 Å². The smallest absolute Gasteiger partial charge is 0.167 e. The summed E-state index contributed by atoms with van der Waals surface area (Å²) in [4.78, 5) is 15.3. The van der Waals surface area contributed by atoms with Crippen LogP contribution in [0.3, 0.4) is 0 Å². The summed E-state index contributed by atoms with van der Waals surface area (Å²) in [6, 6.07) is 49.7. The lowest BCUT2D eigenvalue weighted by atomic mass is 10.1. The number of aromatic nitrogens is 4. The molecule has 0 atom stereocenters. The van der Waals surface area contributed by atoms with E-state index in [1.165, 1.54) is 5.39 Å². The fraction of sp³-hybridized carbons (Fsp3) is 0. The van der Waals surface area contributed by atoms with Crippen molar-refractivity contribution in [3.05, 3.63) is 146 Å². The maximum absolute atomic E-state index is 6.41. The SMILES string of the molecule is c1ccc(-c2nc(-c3cccc4c3oc3ccccc34)nc(-c3cccc4c5ccccc5n(-c5ccccc5)c34)n2)cc1. The minimum atomic E-state index is 0.567. The van der Waals surface area contributed by atoms with Crippen molar-refractivity contribution in [1.82, 2.24) is 19.5 Å². The molecule has 0 aliphatic carbocycles. The fourth-order valence-corrected chi connectivity index (χ4v) is 6.30. The third-order valence-corrected chi connectivity index (χ3v) is 8.26. The van der Waals surface area contributed by atoms with Crippen LogP contribution < -0.4 is 0 Å². The molecule has 3 aromatic heterocycles. The van der Waals surface area contributed by atoms with Crippen LogP contribution in [0.5, 0.6) is 0 Å².